The fourth-order valence-electron chi connectivity index (χ4n) is 2.84. The molecule has 3 rings (SSSR count). The number of halogens is 1. The highest BCUT2D eigenvalue weighted by molar-refractivity contribution is 5.94. The van der Waals surface area contributed by atoms with E-state index in [4.69, 9.17) is 5.73 Å². The van der Waals surface area contributed by atoms with Crippen LogP contribution in [0.5, 0.6) is 0 Å². The molecular formula is C15H19ClN4O2. The normalized spacial score (nSPS) is 18.0. The van der Waals surface area contributed by atoms with Gasteiger partial charge in [0.2, 0.25) is 0 Å². The largest absolute Gasteiger partial charge is 0.334 e. The van der Waals surface area contributed by atoms with Crippen molar-refractivity contribution in [3.05, 3.63) is 46.5 Å². The Morgan fingerprint density at radius 1 is 1.36 bits per heavy atom. The fourth-order valence-corrected chi connectivity index (χ4v) is 2.84. The number of hydrogen-bond donors (Lipinski definition) is 1. The lowest BCUT2D eigenvalue weighted by atomic mass is 10.0. The fraction of sp³-hybridized carbons (Fsp3) is 0.400. The van der Waals surface area contributed by atoms with Gasteiger partial charge in [-0.05, 0) is 31.4 Å². The molecule has 0 saturated carbocycles. The molecule has 118 valence electrons. The summed E-state index contributed by atoms with van der Waals surface area (Å²) in [6.07, 6.45) is 5.91. The van der Waals surface area contributed by atoms with Crippen LogP contribution in [0.4, 0.5) is 0 Å². The molecular weight excluding hydrogens is 304 g/mol. The lowest BCUT2D eigenvalue weighted by molar-refractivity contribution is 0.0621. The van der Waals surface area contributed by atoms with E-state index < -0.39 is 0 Å². The summed E-state index contributed by atoms with van der Waals surface area (Å²) in [5.41, 5.74) is 6.06. The van der Waals surface area contributed by atoms with Crippen LogP contribution >= 0.6 is 12.4 Å². The van der Waals surface area contributed by atoms with Crippen LogP contribution in [0.1, 0.15) is 29.6 Å². The first-order valence-corrected chi connectivity index (χ1v) is 7.20. The first kappa shape index (κ1) is 16.5. The van der Waals surface area contributed by atoms with Crippen LogP contribution in [0.15, 0.2) is 35.4 Å². The van der Waals surface area contributed by atoms with E-state index in [0.29, 0.717) is 18.7 Å². The molecule has 1 saturated heterocycles. The first-order valence-electron chi connectivity index (χ1n) is 7.20. The molecule has 1 aliphatic heterocycles. The van der Waals surface area contributed by atoms with Crippen molar-refractivity contribution in [1.82, 2.24) is 14.3 Å². The standard InChI is InChI=1S/C15H18N4O2.ClH/c16-9-11-5-1-3-7-18(11)14(20)12-10-17-13-6-2-4-8-19(13)15(12)21;/h2,4,6,8,10-11H,1,3,5,7,9,16H2;1H. The van der Waals surface area contributed by atoms with Crippen LogP contribution in [0.3, 0.4) is 0 Å². The van der Waals surface area contributed by atoms with Gasteiger partial charge in [0.1, 0.15) is 11.2 Å². The number of rotatable bonds is 2. The van der Waals surface area contributed by atoms with Gasteiger partial charge in [-0.25, -0.2) is 4.98 Å². The van der Waals surface area contributed by atoms with E-state index in [1.54, 1.807) is 29.3 Å². The van der Waals surface area contributed by atoms with Gasteiger partial charge in [-0.3, -0.25) is 14.0 Å². The van der Waals surface area contributed by atoms with Crippen molar-refractivity contribution in [3.8, 4) is 0 Å². The molecule has 22 heavy (non-hydrogen) atoms. The number of hydrogen-bond acceptors (Lipinski definition) is 4. The number of pyridine rings is 1. The van der Waals surface area contributed by atoms with E-state index in [1.165, 1.54) is 10.6 Å². The molecule has 0 aromatic carbocycles. The molecule has 1 fully saturated rings. The zero-order valence-corrected chi connectivity index (χ0v) is 13.0. The van der Waals surface area contributed by atoms with Crippen LogP contribution in [-0.2, 0) is 0 Å². The van der Waals surface area contributed by atoms with Crippen LogP contribution in [0, 0.1) is 0 Å². The number of carbonyl (C=O) groups excluding carboxylic acids is 1. The minimum atomic E-state index is -0.327. The first-order chi connectivity index (χ1) is 10.2. The molecule has 0 radical (unpaired) electrons. The summed E-state index contributed by atoms with van der Waals surface area (Å²) in [7, 11) is 0. The number of carbonyl (C=O) groups is 1. The van der Waals surface area contributed by atoms with Gasteiger partial charge < -0.3 is 10.6 Å². The summed E-state index contributed by atoms with van der Waals surface area (Å²) in [6, 6.07) is 5.30. The lowest BCUT2D eigenvalue weighted by Gasteiger charge is -2.34. The number of amides is 1. The van der Waals surface area contributed by atoms with Crippen molar-refractivity contribution in [1.29, 1.82) is 0 Å². The summed E-state index contributed by atoms with van der Waals surface area (Å²) in [5.74, 6) is -0.263. The van der Waals surface area contributed by atoms with Gasteiger partial charge in [0.25, 0.3) is 11.5 Å². The van der Waals surface area contributed by atoms with Crippen molar-refractivity contribution in [2.75, 3.05) is 13.1 Å². The van der Waals surface area contributed by atoms with Crippen molar-refractivity contribution < 1.29 is 4.79 Å². The molecule has 0 bridgehead atoms. The topological polar surface area (TPSA) is 80.7 Å². The zero-order chi connectivity index (χ0) is 14.8. The Labute approximate surface area is 134 Å². The van der Waals surface area contributed by atoms with E-state index in [9.17, 15) is 9.59 Å². The molecule has 0 aliphatic carbocycles. The van der Waals surface area contributed by atoms with E-state index >= 15 is 0 Å². The van der Waals surface area contributed by atoms with Gasteiger partial charge in [-0.1, -0.05) is 6.07 Å². The third-order valence-electron chi connectivity index (χ3n) is 4.00. The monoisotopic (exact) mass is 322 g/mol. The second-order valence-corrected chi connectivity index (χ2v) is 5.29. The Balaban J connectivity index is 0.00000176. The average molecular weight is 323 g/mol. The molecule has 1 atom stereocenters. The molecule has 2 aromatic heterocycles. The number of likely N-dealkylation sites (tertiary alicyclic amines) is 1. The number of piperidine rings is 1. The quantitative estimate of drug-likeness (QED) is 0.896. The van der Waals surface area contributed by atoms with Gasteiger partial charge in [-0.15, -0.1) is 12.4 Å². The highest BCUT2D eigenvalue weighted by Gasteiger charge is 2.28. The van der Waals surface area contributed by atoms with E-state index in [1.807, 2.05) is 0 Å². The third-order valence-corrected chi connectivity index (χ3v) is 4.00. The number of fused-ring (bicyclic) bond motifs is 1. The van der Waals surface area contributed by atoms with Crippen LogP contribution in [-0.4, -0.2) is 39.3 Å². The van der Waals surface area contributed by atoms with Gasteiger partial charge in [0, 0.05) is 31.5 Å². The maximum Gasteiger partial charge on any atom is 0.270 e. The SMILES string of the molecule is Cl.NCC1CCCCN1C(=O)c1cnc2ccccn2c1=O. The predicted molar refractivity (Wildman–Crippen MR) is 86.4 cm³/mol. The molecule has 6 nitrogen and oxygen atoms in total. The van der Waals surface area contributed by atoms with E-state index in [2.05, 4.69) is 4.98 Å². The molecule has 1 unspecified atom stereocenters. The van der Waals surface area contributed by atoms with Crippen LogP contribution < -0.4 is 11.3 Å². The van der Waals surface area contributed by atoms with Gasteiger partial charge in [0.15, 0.2) is 0 Å². The lowest BCUT2D eigenvalue weighted by Crippen LogP contribution is -2.48. The molecule has 2 aromatic rings. The minimum Gasteiger partial charge on any atom is -0.334 e. The Bertz CT molecular complexity index is 731. The number of aromatic nitrogens is 2. The maximum absolute atomic E-state index is 12.7. The van der Waals surface area contributed by atoms with Crippen molar-refractivity contribution in [2.45, 2.75) is 25.3 Å². The summed E-state index contributed by atoms with van der Waals surface area (Å²) < 4.78 is 1.40. The summed E-state index contributed by atoms with van der Waals surface area (Å²) >= 11 is 0. The molecule has 0 spiro atoms. The van der Waals surface area contributed by atoms with Crippen molar-refractivity contribution >= 4 is 24.0 Å². The molecule has 7 heteroatoms. The summed E-state index contributed by atoms with van der Waals surface area (Å²) in [6.45, 7) is 1.08. The summed E-state index contributed by atoms with van der Waals surface area (Å²) in [5, 5.41) is 0. The van der Waals surface area contributed by atoms with Gasteiger partial charge in [0.05, 0.1) is 0 Å². The van der Waals surface area contributed by atoms with Crippen LogP contribution in [0.2, 0.25) is 0 Å². The Morgan fingerprint density at radius 2 is 2.18 bits per heavy atom. The van der Waals surface area contributed by atoms with E-state index in [-0.39, 0.29) is 35.5 Å². The summed E-state index contributed by atoms with van der Waals surface area (Å²) in [4.78, 5) is 31.0. The van der Waals surface area contributed by atoms with Crippen LogP contribution in [0.25, 0.3) is 5.65 Å². The number of nitrogens with zero attached hydrogens (tertiary/aromatic N) is 3. The van der Waals surface area contributed by atoms with Crippen molar-refractivity contribution in [3.63, 3.8) is 0 Å². The van der Waals surface area contributed by atoms with Gasteiger partial charge in [-0.2, -0.15) is 0 Å². The third kappa shape index (κ3) is 2.84. The Morgan fingerprint density at radius 3 is 2.95 bits per heavy atom. The molecule has 1 aliphatic rings. The second-order valence-electron chi connectivity index (χ2n) is 5.29. The van der Waals surface area contributed by atoms with E-state index in [0.717, 1.165) is 19.3 Å². The number of nitrogens with two attached hydrogens (primary N) is 1. The Kier molecular flexibility index (Phi) is 5.15. The zero-order valence-electron chi connectivity index (χ0n) is 12.1. The highest BCUT2D eigenvalue weighted by Crippen LogP contribution is 2.18. The molecule has 2 N–H and O–H groups in total. The smallest absolute Gasteiger partial charge is 0.270 e. The predicted octanol–water partition coefficient (Wildman–Crippen LogP) is 1.07. The van der Waals surface area contributed by atoms with Crippen molar-refractivity contribution in [2.24, 2.45) is 5.73 Å². The second kappa shape index (κ2) is 6.89. The minimum absolute atomic E-state index is 0. The molecule has 3 heterocycles. The van der Waals surface area contributed by atoms with Gasteiger partial charge >= 0.3 is 0 Å². The average Bonchev–Trinajstić information content (AvgIpc) is 2.55. The highest BCUT2D eigenvalue weighted by atomic mass is 35.5. The Hall–Kier alpha value is -1.92. The maximum atomic E-state index is 12.7. The molecule has 1 amide bonds.